The summed E-state index contributed by atoms with van der Waals surface area (Å²) in [5, 5.41) is 13.2. The molecule has 2 heteroatoms. The molecule has 0 rings (SSSR count). The second-order valence-corrected chi connectivity index (χ2v) is 7.92. The zero-order valence-corrected chi connectivity index (χ0v) is 17.7. The molecule has 0 aromatic heterocycles. The highest BCUT2D eigenvalue weighted by molar-refractivity contribution is 4.56. The summed E-state index contributed by atoms with van der Waals surface area (Å²) in [6.45, 7) is 5.52. The summed E-state index contributed by atoms with van der Waals surface area (Å²) in [6, 6.07) is 0. The predicted molar refractivity (Wildman–Crippen MR) is 113 cm³/mol. The van der Waals surface area contributed by atoms with Gasteiger partial charge in [0.1, 0.15) is 6.23 Å². The molecule has 0 saturated heterocycles. The first-order valence-electron chi connectivity index (χ1n) is 11.7. The molecule has 152 valence electrons. The molecule has 2 nitrogen and oxygen atoms in total. The summed E-state index contributed by atoms with van der Waals surface area (Å²) in [5.74, 6) is 0. The summed E-state index contributed by atoms with van der Waals surface area (Å²) in [5.41, 5.74) is 0. The second kappa shape index (κ2) is 22.0. The fourth-order valence-corrected chi connectivity index (χ4v) is 3.45. The number of hydrogen-bond donors (Lipinski definition) is 2. The fraction of sp³-hybridized carbons (Fsp3) is 1.00. The van der Waals surface area contributed by atoms with Gasteiger partial charge in [-0.25, -0.2) is 0 Å². The first kappa shape index (κ1) is 24.9. The van der Waals surface area contributed by atoms with Crippen molar-refractivity contribution in [1.82, 2.24) is 5.32 Å². The molecule has 1 atom stereocenters. The molecular formula is C23H49NO. The Morgan fingerprint density at radius 2 is 0.880 bits per heavy atom. The molecule has 0 aliphatic heterocycles. The number of hydrogen-bond acceptors (Lipinski definition) is 2. The molecule has 0 fully saturated rings. The molecule has 25 heavy (non-hydrogen) atoms. The molecule has 0 aromatic rings. The minimum Gasteiger partial charge on any atom is -0.379 e. The van der Waals surface area contributed by atoms with Crippen LogP contribution in [0.3, 0.4) is 0 Å². The van der Waals surface area contributed by atoms with Crippen molar-refractivity contribution in [3.8, 4) is 0 Å². The molecule has 1 unspecified atom stereocenters. The van der Waals surface area contributed by atoms with Crippen LogP contribution in [0.2, 0.25) is 0 Å². The van der Waals surface area contributed by atoms with Crippen molar-refractivity contribution in [3.63, 3.8) is 0 Å². The van der Waals surface area contributed by atoms with E-state index in [1.165, 1.54) is 116 Å². The summed E-state index contributed by atoms with van der Waals surface area (Å²) < 4.78 is 0. The van der Waals surface area contributed by atoms with Crippen LogP contribution in [0, 0.1) is 0 Å². The van der Waals surface area contributed by atoms with Crippen LogP contribution in [0.1, 0.15) is 136 Å². The Labute approximate surface area is 159 Å². The highest BCUT2D eigenvalue weighted by Gasteiger charge is 2.02. The van der Waals surface area contributed by atoms with Crippen LogP contribution in [0.15, 0.2) is 0 Å². The molecule has 0 spiro atoms. The van der Waals surface area contributed by atoms with E-state index in [2.05, 4.69) is 19.2 Å². The maximum atomic E-state index is 9.95. The molecular weight excluding hydrogens is 306 g/mol. The van der Waals surface area contributed by atoms with Crippen LogP contribution in [0.4, 0.5) is 0 Å². The number of aliphatic hydroxyl groups is 1. The molecule has 0 aliphatic carbocycles. The zero-order chi connectivity index (χ0) is 18.4. The van der Waals surface area contributed by atoms with Gasteiger partial charge in [-0.2, -0.15) is 0 Å². The lowest BCUT2D eigenvalue weighted by atomic mass is 10.1. The minimum atomic E-state index is -0.279. The van der Waals surface area contributed by atoms with E-state index in [1.807, 2.05) is 0 Å². The van der Waals surface area contributed by atoms with Gasteiger partial charge < -0.3 is 5.11 Å². The topological polar surface area (TPSA) is 32.3 Å². The van der Waals surface area contributed by atoms with Gasteiger partial charge in [0, 0.05) is 0 Å². The molecule has 0 radical (unpaired) electrons. The third kappa shape index (κ3) is 21.9. The molecule has 0 bridgehead atoms. The summed E-state index contributed by atoms with van der Waals surface area (Å²) in [4.78, 5) is 0. The van der Waals surface area contributed by atoms with Gasteiger partial charge in [0.05, 0.1) is 0 Å². The van der Waals surface area contributed by atoms with Crippen molar-refractivity contribution >= 4 is 0 Å². The van der Waals surface area contributed by atoms with E-state index in [9.17, 15) is 5.11 Å². The van der Waals surface area contributed by atoms with Crippen LogP contribution in [-0.2, 0) is 0 Å². The average Bonchev–Trinajstić information content (AvgIpc) is 2.62. The normalized spacial score (nSPS) is 12.6. The van der Waals surface area contributed by atoms with Gasteiger partial charge in [0.2, 0.25) is 0 Å². The van der Waals surface area contributed by atoms with Crippen molar-refractivity contribution in [3.05, 3.63) is 0 Å². The van der Waals surface area contributed by atoms with Crippen LogP contribution >= 0.6 is 0 Å². The highest BCUT2D eigenvalue weighted by Crippen LogP contribution is 2.12. The molecule has 0 amide bonds. The molecule has 0 aromatic carbocycles. The minimum absolute atomic E-state index is 0.279. The van der Waals surface area contributed by atoms with E-state index in [1.54, 1.807) is 0 Å². The van der Waals surface area contributed by atoms with E-state index >= 15 is 0 Å². The van der Waals surface area contributed by atoms with Crippen molar-refractivity contribution in [2.24, 2.45) is 0 Å². The predicted octanol–water partition coefficient (Wildman–Crippen LogP) is 7.35. The van der Waals surface area contributed by atoms with Gasteiger partial charge in [-0.05, 0) is 25.8 Å². The lowest BCUT2D eigenvalue weighted by molar-refractivity contribution is 0.124. The van der Waals surface area contributed by atoms with Crippen molar-refractivity contribution in [1.29, 1.82) is 0 Å². The van der Waals surface area contributed by atoms with Gasteiger partial charge in [-0.1, -0.05) is 117 Å². The molecule has 0 heterocycles. The number of nitrogens with one attached hydrogen (secondary N) is 1. The Hall–Kier alpha value is -0.0800. The first-order valence-corrected chi connectivity index (χ1v) is 11.7. The van der Waals surface area contributed by atoms with E-state index in [4.69, 9.17) is 0 Å². The molecule has 0 aliphatic rings. The van der Waals surface area contributed by atoms with Gasteiger partial charge in [0.25, 0.3) is 0 Å². The van der Waals surface area contributed by atoms with E-state index in [0.29, 0.717) is 0 Å². The second-order valence-electron chi connectivity index (χ2n) is 7.92. The van der Waals surface area contributed by atoms with E-state index < -0.39 is 0 Å². The number of rotatable bonds is 21. The number of unbranched alkanes of at least 4 members (excludes halogenated alkanes) is 16. The third-order valence-electron chi connectivity index (χ3n) is 5.24. The van der Waals surface area contributed by atoms with Crippen molar-refractivity contribution in [2.45, 2.75) is 142 Å². The molecule has 0 saturated carbocycles. The van der Waals surface area contributed by atoms with E-state index in [-0.39, 0.29) is 6.23 Å². The Morgan fingerprint density at radius 1 is 0.520 bits per heavy atom. The maximum absolute atomic E-state index is 9.95. The van der Waals surface area contributed by atoms with Crippen LogP contribution in [0.25, 0.3) is 0 Å². The van der Waals surface area contributed by atoms with Gasteiger partial charge >= 0.3 is 0 Å². The Balaban J connectivity index is 3.11. The summed E-state index contributed by atoms with van der Waals surface area (Å²) in [6.07, 6.45) is 25.1. The molecule has 2 N–H and O–H groups in total. The Kier molecular flexibility index (Phi) is 21.9. The number of aliphatic hydroxyl groups excluding tert-OH is 1. The SMILES string of the molecule is CCCCCCCCCCCCCC(O)NCCCCCCCCC. The van der Waals surface area contributed by atoms with Crippen LogP contribution in [0.5, 0.6) is 0 Å². The maximum Gasteiger partial charge on any atom is 0.104 e. The monoisotopic (exact) mass is 355 g/mol. The summed E-state index contributed by atoms with van der Waals surface area (Å²) in [7, 11) is 0. The van der Waals surface area contributed by atoms with Crippen LogP contribution in [-0.4, -0.2) is 17.9 Å². The van der Waals surface area contributed by atoms with Gasteiger partial charge in [-0.15, -0.1) is 0 Å². The summed E-state index contributed by atoms with van der Waals surface area (Å²) >= 11 is 0. The van der Waals surface area contributed by atoms with Gasteiger partial charge in [-0.3, -0.25) is 5.32 Å². The average molecular weight is 356 g/mol. The van der Waals surface area contributed by atoms with E-state index in [0.717, 1.165) is 13.0 Å². The lowest BCUT2D eigenvalue weighted by Crippen LogP contribution is -2.29. The lowest BCUT2D eigenvalue weighted by Gasteiger charge is -2.12. The first-order chi connectivity index (χ1) is 12.3. The quantitative estimate of drug-likeness (QED) is 0.167. The zero-order valence-electron chi connectivity index (χ0n) is 17.7. The third-order valence-corrected chi connectivity index (χ3v) is 5.24. The van der Waals surface area contributed by atoms with Crippen LogP contribution < -0.4 is 5.32 Å². The fourth-order valence-electron chi connectivity index (χ4n) is 3.45. The smallest absolute Gasteiger partial charge is 0.104 e. The van der Waals surface area contributed by atoms with Gasteiger partial charge in [0.15, 0.2) is 0 Å². The standard InChI is InChI=1S/C23H49NO/c1-3-5-7-9-11-12-13-14-15-17-19-21-23(25)24-22-20-18-16-10-8-6-4-2/h23-25H,3-22H2,1-2H3. The highest BCUT2D eigenvalue weighted by atomic mass is 16.3. The van der Waals surface area contributed by atoms with Crippen molar-refractivity contribution < 1.29 is 5.11 Å². The largest absolute Gasteiger partial charge is 0.379 e. The van der Waals surface area contributed by atoms with Crippen molar-refractivity contribution in [2.75, 3.05) is 6.54 Å². The Morgan fingerprint density at radius 3 is 1.32 bits per heavy atom. The Bertz CT molecular complexity index is 232.